The van der Waals surface area contributed by atoms with Crippen LogP contribution in [0.25, 0.3) is 22.8 Å². The van der Waals surface area contributed by atoms with E-state index in [4.69, 9.17) is 14.4 Å². The minimum Gasteiger partial charge on any atom is -0.490 e. The number of halogens is 4. The third-order valence-electron chi connectivity index (χ3n) is 3.68. The van der Waals surface area contributed by atoms with Gasteiger partial charge < -0.3 is 14.4 Å². The molecule has 1 aromatic heterocycles. The minimum absolute atomic E-state index is 0.000768. The van der Waals surface area contributed by atoms with Crippen LogP contribution in [0, 0.1) is 0 Å². The number of hydrogen-bond donors (Lipinski definition) is 1. The molecule has 0 saturated heterocycles. The Kier molecular flexibility index (Phi) is 5.30. The molecule has 0 spiro atoms. The van der Waals surface area contributed by atoms with Gasteiger partial charge in [0.1, 0.15) is 19.0 Å². The molecule has 0 amide bonds. The molecule has 146 valence electrons. The lowest BCUT2D eigenvalue weighted by atomic mass is 10.1. The van der Waals surface area contributed by atoms with Gasteiger partial charge in [0.25, 0.3) is 5.89 Å². The molecule has 0 fully saturated rings. The first-order valence-electron chi connectivity index (χ1n) is 7.87. The number of ether oxygens (including phenoxy) is 1. The van der Waals surface area contributed by atoms with Crippen molar-refractivity contribution in [2.24, 2.45) is 0 Å². The van der Waals surface area contributed by atoms with Crippen LogP contribution in [0.5, 0.6) is 5.75 Å². The van der Waals surface area contributed by atoms with Gasteiger partial charge in [0, 0.05) is 11.1 Å². The second-order valence-electron chi connectivity index (χ2n) is 5.55. The van der Waals surface area contributed by atoms with E-state index in [1.165, 1.54) is 30.3 Å². The van der Waals surface area contributed by atoms with Gasteiger partial charge in [0.05, 0.1) is 11.1 Å². The highest BCUT2D eigenvalue weighted by Gasteiger charge is 2.35. The lowest BCUT2D eigenvalue weighted by molar-refractivity contribution is -0.138. The van der Waals surface area contributed by atoms with E-state index < -0.39 is 36.7 Å². The molecule has 28 heavy (non-hydrogen) atoms. The smallest absolute Gasteiger partial charge is 0.419 e. The number of aromatic carboxylic acids is 1. The number of alkyl halides is 4. The van der Waals surface area contributed by atoms with Gasteiger partial charge in [-0.3, -0.25) is 0 Å². The summed E-state index contributed by atoms with van der Waals surface area (Å²) < 4.78 is 61.8. The van der Waals surface area contributed by atoms with Crippen molar-refractivity contribution in [2.75, 3.05) is 13.3 Å². The molecule has 0 aliphatic rings. The third-order valence-corrected chi connectivity index (χ3v) is 3.68. The zero-order chi connectivity index (χ0) is 20.3. The van der Waals surface area contributed by atoms with E-state index >= 15 is 0 Å². The van der Waals surface area contributed by atoms with E-state index in [0.29, 0.717) is 5.56 Å². The highest BCUT2D eigenvalue weighted by molar-refractivity contribution is 5.88. The van der Waals surface area contributed by atoms with Crippen LogP contribution in [0.2, 0.25) is 0 Å². The fourth-order valence-electron chi connectivity index (χ4n) is 2.38. The van der Waals surface area contributed by atoms with Crippen LogP contribution in [0.4, 0.5) is 17.6 Å². The number of carboxylic acids is 1. The first-order valence-corrected chi connectivity index (χ1v) is 7.87. The minimum atomic E-state index is -4.73. The average Bonchev–Trinajstić information content (AvgIpc) is 3.15. The summed E-state index contributed by atoms with van der Waals surface area (Å²) >= 11 is 0. The van der Waals surface area contributed by atoms with Gasteiger partial charge in [-0.15, -0.1) is 0 Å². The van der Waals surface area contributed by atoms with Gasteiger partial charge >= 0.3 is 12.1 Å². The van der Waals surface area contributed by atoms with Crippen molar-refractivity contribution in [3.8, 4) is 28.6 Å². The van der Waals surface area contributed by atoms with Gasteiger partial charge in [0.15, 0.2) is 0 Å². The highest BCUT2D eigenvalue weighted by Crippen LogP contribution is 2.38. The van der Waals surface area contributed by atoms with Crippen LogP contribution in [0.3, 0.4) is 0 Å². The Morgan fingerprint density at radius 2 is 1.79 bits per heavy atom. The SMILES string of the molecule is O=C(O)c1ccc(-c2noc(-c3ccc(OCCF)c(C(F)(F)F)c3)n2)cc1. The van der Waals surface area contributed by atoms with Crippen LogP contribution < -0.4 is 4.74 Å². The standard InChI is InChI=1S/C18H12F4N2O4/c19-7-8-27-14-6-5-12(9-13(14)18(20,21)22)16-23-15(24-28-16)10-1-3-11(4-2-10)17(25)26/h1-6,9H,7-8H2,(H,25,26). The monoisotopic (exact) mass is 396 g/mol. The van der Waals surface area contributed by atoms with Crippen LogP contribution in [0.15, 0.2) is 47.0 Å². The number of carbonyl (C=O) groups is 1. The predicted octanol–water partition coefficient (Wildman–Crippen LogP) is 4.47. The van der Waals surface area contributed by atoms with E-state index in [2.05, 4.69) is 10.1 Å². The zero-order valence-electron chi connectivity index (χ0n) is 14.0. The van der Waals surface area contributed by atoms with Crippen molar-refractivity contribution in [1.82, 2.24) is 10.1 Å². The van der Waals surface area contributed by atoms with Gasteiger partial charge in [-0.05, 0) is 30.3 Å². The first-order chi connectivity index (χ1) is 13.3. The van der Waals surface area contributed by atoms with Crippen molar-refractivity contribution >= 4 is 5.97 Å². The van der Waals surface area contributed by atoms with E-state index in [1.54, 1.807) is 0 Å². The summed E-state index contributed by atoms with van der Waals surface area (Å²) in [7, 11) is 0. The molecular formula is C18H12F4N2O4. The molecule has 1 N–H and O–H groups in total. The number of benzene rings is 2. The Hall–Kier alpha value is -3.43. The van der Waals surface area contributed by atoms with Gasteiger partial charge in [-0.2, -0.15) is 18.2 Å². The summed E-state index contributed by atoms with van der Waals surface area (Å²) in [6.07, 6.45) is -4.73. The van der Waals surface area contributed by atoms with Crippen molar-refractivity contribution in [1.29, 1.82) is 0 Å². The summed E-state index contributed by atoms with van der Waals surface area (Å²) in [6, 6.07) is 8.70. The molecule has 10 heteroatoms. The largest absolute Gasteiger partial charge is 0.490 e. The Bertz CT molecular complexity index is 984. The van der Waals surface area contributed by atoms with Crippen molar-refractivity contribution in [3.05, 3.63) is 53.6 Å². The Balaban J connectivity index is 1.93. The molecule has 3 rings (SSSR count). The molecule has 6 nitrogen and oxygen atoms in total. The molecule has 3 aromatic rings. The second-order valence-corrected chi connectivity index (χ2v) is 5.55. The maximum absolute atomic E-state index is 13.3. The summed E-state index contributed by atoms with van der Waals surface area (Å²) in [5.41, 5.74) is -0.602. The molecule has 0 bridgehead atoms. The highest BCUT2D eigenvalue weighted by atomic mass is 19.4. The van der Waals surface area contributed by atoms with Crippen molar-refractivity contribution in [3.63, 3.8) is 0 Å². The van der Waals surface area contributed by atoms with E-state index in [9.17, 15) is 22.4 Å². The third kappa shape index (κ3) is 4.11. The molecule has 1 heterocycles. The topological polar surface area (TPSA) is 85.5 Å². The molecule has 0 aliphatic heterocycles. The van der Waals surface area contributed by atoms with Gasteiger partial charge in [0.2, 0.25) is 5.82 Å². The number of nitrogens with zero attached hydrogens (tertiary/aromatic N) is 2. The van der Waals surface area contributed by atoms with E-state index in [1.807, 2.05) is 0 Å². The number of rotatable bonds is 6. The molecule has 0 atom stereocenters. The Labute approximate surface area is 155 Å². The van der Waals surface area contributed by atoms with Gasteiger partial charge in [-0.1, -0.05) is 17.3 Å². The zero-order valence-corrected chi connectivity index (χ0v) is 14.0. The van der Waals surface area contributed by atoms with Crippen molar-refractivity contribution < 1.29 is 36.7 Å². The van der Waals surface area contributed by atoms with Crippen LogP contribution >= 0.6 is 0 Å². The summed E-state index contributed by atoms with van der Waals surface area (Å²) in [5, 5.41) is 12.6. The average molecular weight is 396 g/mol. The number of hydrogen-bond acceptors (Lipinski definition) is 5. The van der Waals surface area contributed by atoms with E-state index in [-0.39, 0.29) is 22.8 Å². The number of carboxylic acid groups (broad SMARTS) is 1. The summed E-state index contributed by atoms with van der Waals surface area (Å²) in [5.74, 6) is -1.69. The summed E-state index contributed by atoms with van der Waals surface area (Å²) in [4.78, 5) is 14.9. The molecule has 2 aromatic carbocycles. The van der Waals surface area contributed by atoms with Crippen LogP contribution in [-0.4, -0.2) is 34.5 Å². The van der Waals surface area contributed by atoms with Crippen molar-refractivity contribution in [2.45, 2.75) is 6.18 Å². The number of aromatic nitrogens is 2. The normalized spacial score (nSPS) is 11.4. The van der Waals surface area contributed by atoms with Crippen LogP contribution in [0.1, 0.15) is 15.9 Å². The van der Waals surface area contributed by atoms with Crippen LogP contribution in [-0.2, 0) is 6.18 Å². The fourth-order valence-corrected chi connectivity index (χ4v) is 2.38. The fraction of sp³-hybridized carbons (Fsp3) is 0.167. The van der Waals surface area contributed by atoms with E-state index in [0.717, 1.165) is 12.1 Å². The second kappa shape index (κ2) is 7.67. The lowest BCUT2D eigenvalue weighted by Gasteiger charge is -2.13. The lowest BCUT2D eigenvalue weighted by Crippen LogP contribution is -2.10. The molecule has 0 saturated carbocycles. The maximum Gasteiger partial charge on any atom is 0.419 e. The maximum atomic E-state index is 13.3. The predicted molar refractivity (Wildman–Crippen MR) is 88.6 cm³/mol. The quantitative estimate of drug-likeness (QED) is 0.619. The first kappa shape index (κ1) is 19.3. The molecule has 0 unspecified atom stereocenters. The molecular weight excluding hydrogens is 384 g/mol. The molecule has 0 aliphatic carbocycles. The Morgan fingerprint density at radius 1 is 1.11 bits per heavy atom. The summed E-state index contributed by atoms with van der Waals surface area (Å²) in [6.45, 7) is -1.42. The molecule has 0 radical (unpaired) electrons. The Morgan fingerprint density at radius 3 is 2.39 bits per heavy atom. The van der Waals surface area contributed by atoms with Gasteiger partial charge in [-0.25, -0.2) is 9.18 Å².